The van der Waals surface area contributed by atoms with Gasteiger partial charge in [-0.25, -0.2) is 14.1 Å². The Hall–Kier alpha value is -3.48. The van der Waals surface area contributed by atoms with Gasteiger partial charge in [0.1, 0.15) is 5.82 Å². The Morgan fingerprint density at radius 3 is 2.64 bits per heavy atom. The van der Waals surface area contributed by atoms with Gasteiger partial charge in [0.25, 0.3) is 5.91 Å². The molecule has 1 amide bonds. The van der Waals surface area contributed by atoms with Crippen LogP contribution in [0.3, 0.4) is 0 Å². The molecule has 0 radical (unpaired) electrons. The fourth-order valence-corrected chi connectivity index (χ4v) is 3.26. The van der Waals surface area contributed by atoms with Gasteiger partial charge in [-0.05, 0) is 49.7 Å². The summed E-state index contributed by atoms with van der Waals surface area (Å²) >= 11 is 0. The van der Waals surface area contributed by atoms with E-state index < -0.39 is 0 Å². The highest BCUT2D eigenvalue weighted by Gasteiger charge is 2.18. The van der Waals surface area contributed by atoms with E-state index in [4.69, 9.17) is 0 Å². The fraction of sp³-hybridized carbons (Fsp3) is 0.190. The highest BCUT2D eigenvalue weighted by Crippen LogP contribution is 2.21. The zero-order valence-electron chi connectivity index (χ0n) is 15.7. The molecule has 28 heavy (non-hydrogen) atoms. The number of carbonyl (C=O) groups excluding carboxylic acids is 1. The number of benzene rings is 2. The maximum Gasteiger partial charge on any atom is 0.261 e. The quantitative estimate of drug-likeness (QED) is 0.563. The van der Waals surface area contributed by atoms with Gasteiger partial charge in [-0.1, -0.05) is 19.1 Å². The van der Waals surface area contributed by atoms with Crippen LogP contribution in [0.25, 0.3) is 16.7 Å². The molecule has 0 spiro atoms. The lowest BCUT2D eigenvalue weighted by Crippen LogP contribution is -2.17. The molecular weight excluding hydrogens is 357 g/mol. The SMILES string of the molecule is CCCn1c(NC(=O)c2cnn(-c3ccc(F)cc3)c2C)nc2ccccc21. The molecule has 0 atom stereocenters. The molecular formula is C21H20FN5O. The Morgan fingerprint density at radius 2 is 1.89 bits per heavy atom. The first-order valence-electron chi connectivity index (χ1n) is 9.15. The van der Waals surface area contributed by atoms with Crippen LogP contribution in [0, 0.1) is 12.7 Å². The Labute approximate surface area is 161 Å². The number of imidazole rings is 1. The lowest BCUT2D eigenvalue weighted by atomic mass is 10.2. The zero-order chi connectivity index (χ0) is 19.7. The number of hydrogen-bond acceptors (Lipinski definition) is 3. The molecule has 0 bridgehead atoms. The van der Waals surface area contributed by atoms with E-state index in [9.17, 15) is 9.18 Å². The van der Waals surface area contributed by atoms with Crippen molar-refractivity contribution < 1.29 is 9.18 Å². The number of nitrogens with zero attached hydrogens (tertiary/aromatic N) is 4. The second kappa shape index (κ2) is 7.26. The predicted octanol–water partition coefficient (Wildman–Crippen LogP) is 4.33. The van der Waals surface area contributed by atoms with Gasteiger partial charge < -0.3 is 4.57 Å². The molecule has 2 aromatic heterocycles. The van der Waals surface area contributed by atoms with Crippen LogP contribution in [0.5, 0.6) is 0 Å². The normalized spacial score (nSPS) is 11.1. The molecule has 0 aliphatic rings. The van der Waals surface area contributed by atoms with Crippen molar-refractivity contribution in [2.45, 2.75) is 26.8 Å². The van der Waals surface area contributed by atoms with Crippen molar-refractivity contribution >= 4 is 22.9 Å². The summed E-state index contributed by atoms with van der Waals surface area (Å²) in [6.45, 7) is 4.64. The van der Waals surface area contributed by atoms with Crippen molar-refractivity contribution in [1.82, 2.24) is 19.3 Å². The number of para-hydroxylation sites is 2. The Morgan fingerprint density at radius 1 is 1.14 bits per heavy atom. The maximum atomic E-state index is 13.2. The van der Waals surface area contributed by atoms with Crippen molar-refractivity contribution in [2.24, 2.45) is 0 Å². The number of rotatable bonds is 5. The van der Waals surface area contributed by atoms with Crippen LogP contribution in [0.2, 0.25) is 0 Å². The average Bonchev–Trinajstić information content (AvgIpc) is 3.24. The van der Waals surface area contributed by atoms with E-state index in [-0.39, 0.29) is 11.7 Å². The highest BCUT2D eigenvalue weighted by atomic mass is 19.1. The zero-order valence-corrected chi connectivity index (χ0v) is 15.7. The molecule has 2 aromatic carbocycles. The number of hydrogen-bond donors (Lipinski definition) is 1. The van der Waals surface area contributed by atoms with E-state index in [1.807, 2.05) is 28.8 Å². The topological polar surface area (TPSA) is 64.7 Å². The van der Waals surface area contributed by atoms with Crippen LogP contribution in [0.15, 0.2) is 54.7 Å². The van der Waals surface area contributed by atoms with E-state index >= 15 is 0 Å². The molecule has 0 fully saturated rings. The van der Waals surface area contributed by atoms with E-state index in [0.29, 0.717) is 22.9 Å². The van der Waals surface area contributed by atoms with Crippen LogP contribution in [0.4, 0.5) is 10.3 Å². The van der Waals surface area contributed by atoms with Gasteiger partial charge in [0.2, 0.25) is 5.95 Å². The van der Waals surface area contributed by atoms with Crippen LogP contribution >= 0.6 is 0 Å². The largest absolute Gasteiger partial charge is 0.310 e. The summed E-state index contributed by atoms with van der Waals surface area (Å²) in [5.74, 6) is -0.0816. The molecule has 0 saturated carbocycles. The maximum absolute atomic E-state index is 13.2. The lowest BCUT2D eigenvalue weighted by molar-refractivity contribution is 0.102. The minimum absolute atomic E-state index is 0.279. The van der Waals surface area contributed by atoms with E-state index in [1.165, 1.54) is 18.3 Å². The number of carbonyl (C=O) groups is 1. The molecule has 4 rings (SSSR count). The van der Waals surface area contributed by atoms with Crippen molar-refractivity contribution in [3.8, 4) is 5.69 Å². The standard InChI is InChI=1S/C21H20FN5O/c1-3-12-26-19-7-5-4-6-18(19)24-21(26)25-20(28)17-13-23-27(14(17)2)16-10-8-15(22)9-11-16/h4-11,13H,3,12H2,1-2H3,(H,24,25,28). The number of aromatic nitrogens is 4. The van der Waals surface area contributed by atoms with E-state index in [1.54, 1.807) is 23.7 Å². The molecule has 0 aliphatic heterocycles. The summed E-state index contributed by atoms with van der Waals surface area (Å²) in [7, 11) is 0. The van der Waals surface area contributed by atoms with Crippen molar-refractivity contribution in [1.29, 1.82) is 0 Å². The molecule has 0 unspecified atom stereocenters. The van der Waals surface area contributed by atoms with Gasteiger partial charge in [0.15, 0.2) is 0 Å². The van der Waals surface area contributed by atoms with Gasteiger partial charge in [-0.3, -0.25) is 10.1 Å². The van der Waals surface area contributed by atoms with Gasteiger partial charge in [0, 0.05) is 6.54 Å². The third-order valence-electron chi connectivity index (χ3n) is 4.65. The summed E-state index contributed by atoms with van der Waals surface area (Å²) in [4.78, 5) is 17.5. The molecule has 7 heteroatoms. The molecule has 2 heterocycles. The third-order valence-corrected chi connectivity index (χ3v) is 4.65. The Bertz CT molecular complexity index is 1140. The van der Waals surface area contributed by atoms with Crippen LogP contribution < -0.4 is 5.32 Å². The first kappa shape index (κ1) is 17.9. The third kappa shape index (κ3) is 3.15. The van der Waals surface area contributed by atoms with Crippen molar-refractivity contribution in [3.05, 3.63) is 71.8 Å². The summed E-state index contributed by atoms with van der Waals surface area (Å²) in [5.41, 5.74) is 3.63. The number of amides is 1. The van der Waals surface area contributed by atoms with Crippen LogP contribution in [0.1, 0.15) is 29.4 Å². The minimum atomic E-state index is -0.318. The van der Waals surface area contributed by atoms with Gasteiger partial charge >= 0.3 is 0 Å². The molecule has 142 valence electrons. The highest BCUT2D eigenvalue weighted by molar-refractivity contribution is 6.04. The van der Waals surface area contributed by atoms with Crippen LogP contribution in [-0.2, 0) is 6.54 Å². The van der Waals surface area contributed by atoms with Gasteiger partial charge in [-0.15, -0.1) is 0 Å². The van der Waals surface area contributed by atoms with Crippen LogP contribution in [-0.4, -0.2) is 25.2 Å². The minimum Gasteiger partial charge on any atom is -0.310 e. The molecule has 1 N–H and O–H groups in total. The first-order chi connectivity index (χ1) is 13.6. The van der Waals surface area contributed by atoms with E-state index in [0.717, 1.165) is 24.0 Å². The smallest absolute Gasteiger partial charge is 0.261 e. The summed E-state index contributed by atoms with van der Waals surface area (Å²) in [6.07, 6.45) is 2.44. The van der Waals surface area contributed by atoms with Crippen molar-refractivity contribution in [2.75, 3.05) is 5.32 Å². The summed E-state index contributed by atoms with van der Waals surface area (Å²) < 4.78 is 16.8. The predicted molar refractivity (Wildman–Crippen MR) is 106 cm³/mol. The first-order valence-corrected chi connectivity index (χ1v) is 9.15. The van der Waals surface area contributed by atoms with E-state index in [2.05, 4.69) is 22.3 Å². The fourth-order valence-electron chi connectivity index (χ4n) is 3.26. The Kier molecular flexibility index (Phi) is 4.65. The summed E-state index contributed by atoms with van der Waals surface area (Å²) in [6, 6.07) is 13.8. The molecule has 6 nitrogen and oxygen atoms in total. The molecule has 0 saturated heterocycles. The number of aryl methyl sites for hydroxylation is 1. The monoisotopic (exact) mass is 377 g/mol. The molecule has 0 aliphatic carbocycles. The second-order valence-electron chi connectivity index (χ2n) is 6.56. The second-order valence-corrected chi connectivity index (χ2v) is 6.56. The number of nitrogens with one attached hydrogen (secondary N) is 1. The molecule has 4 aromatic rings. The number of fused-ring (bicyclic) bond motifs is 1. The number of anilines is 1. The Balaban J connectivity index is 1.65. The number of halogens is 1. The average molecular weight is 377 g/mol. The van der Waals surface area contributed by atoms with Gasteiger partial charge in [0.05, 0.1) is 34.2 Å². The summed E-state index contributed by atoms with van der Waals surface area (Å²) in [5, 5.41) is 7.20. The van der Waals surface area contributed by atoms with Gasteiger partial charge in [-0.2, -0.15) is 5.10 Å². The lowest BCUT2D eigenvalue weighted by Gasteiger charge is -2.09. The van der Waals surface area contributed by atoms with Crippen molar-refractivity contribution in [3.63, 3.8) is 0 Å².